The summed E-state index contributed by atoms with van der Waals surface area (Å²) < 4.78 is 5.16. The minimum absolute atomic E-state index is 0.0570. The van der Waals surface area contributed by atoms with Crippen LogP contribution < -0.4 is 11.1 Å². The molecule has 0 aromatic heterocycles. The molecule has 0 heterocycles. The molecule has 0 spiro atoms. The van der Waals surface area contributed by atoms with Crippen LogP contribution in [0.2, 0.25) is 0 Å². The second-order valence-electron chi connectivity index (χ2n) is 5.66. The van der Waals surface area contributed by atoms with Gasteiger partial charge in [-0.1, -0.05) is 19.3 Å². The van der Waals surface area contributed by atoms with Crippen LogP contribution in [-0.4, -0.2) is 31.7 Å². The molecule has 0 bridgehead atoms. The van der Waals surface area contributed by atoms with Gasteiger partial charge in [-0.05, 0) is 38.6 Å². The topological polar surface area (TPSA) is 64.3 Å². The first kappa shape index (κ1) is 14.5. The molecule has 1 amide bonds. The van der Waals surface area contributed by atoms with E-state index in [9.17, 15) is 4.79 Å². The lowest BCUT2D eigenvalue weighted by atomic mass is 9.74. The SMILES string of the molecule is COC(C)(C)C(=O)NCC1(CN)CCCCC1. The Labute approximate surface area is 104 Å². The molecule has 0 saturated heterocycles. The van der Waals surface area contributed by atoms with Gasteiger partial charge >= 0.3 is 0 Å². The lowest BCUT2D eigenvalue weighted by molar-refractivity contribution is -0.140. The van der Waals surface area contributed by atoms with Crippen molar-refractivity contribution in [2.45, 2.75) is 51.6 Å². The molecule has 0 atom stereocenters. The fourth-order valence-electron chi connectivity index (χ4n) is 2.33. The molecule has 1 saturated carbocycles. The largest absolute Gasteiger partial charge is 0.369 e. The highest BCUT2D eigenvalue weighted by atomic mass is 16.5. The van der Waals surface area contributed by atoms with Gasteiger partial charge in [0, 0.05) is 13.7 Å². The van der Waals surface area contributed by atoms with Crippen LogP contribution in [0.4, 0.5) is 0 Å². The summed E-state index contributed by atoms with van der Waals surface area (Å²) in [5, 5.41) is 2.99. The van der Waals surface area contributed by atoms with Crippen LogP contribution in [0.3, 0.4) is 0 Å². The van der Waals surface area contributed by atoms with Gasteiger partial charge in [-0.3, -0.25) is 4.79 Å². The van der Waals surface area contributed by atoms with Crippen LogP contribution in [0, 0.1) is 5.41 Å². The molecule has 0 unspecified atom stereocenters. The van der Waals surface area contributed by atoms with Crippen molar-refractivity contribution in [2.75, 3.05) is 20.2 Å². The smallest absolute Gasteiger partial charge is 0.251 e. The normalized spacial score (nSPS) is 20.0. The van der Waals surface area contributed by atoms with Crippen molar-refractivity contribution in [1.82, 2.24) is 5.32 Å². The fourth-order valence-corrected chi connectivity index (χ4v) is 2.33. The molecule has 100 valence electrons. The van der Waals surface area contributed by atoms with Crippen molar-refractivity contribution in [1.29, 1.82) is 0 Å². The minimum Gasteiger partial charge on any atom is -0.369 e. The summed E-state index contributed by atoms with van der Waals surface area (Å²) in [6.07, 6.45) is 5.98. The number of rotatable bonds is 5. The van der Waals surface area contributed by atoms with Gasteiger partial charge in [0.05, 0.1) is 0 Å². The van der Waals surface area contributed by atoms with Crippen LogP contribution in [0.1, 0.15) is 46.0 Å². The summed E-state index contributed by atoms with van der Waals surface area (Å²) >= 11 is 0. The average Bonchev–Trinajstić information content (AvgIpc) is 2.37. The highest BCUT2D eigenvalue weighted by molar-refractivity contribution is 5.84. The zero-order valence-electron chi connectivity index (χ0n) is 11.3. The van der Waals surface area contributed by atoms with E-state index in [-0.39, 0.29) is 11.3 Å². The number of nitrogens with two attached hydrogens (primary N) is 1. The maximum Gasteiger partial charge on any atom is 0.251 e. The number of carbonyl (C=O) groups is 1. The number of methoxy groups -OCH3 is 1. The Morgan fingerprint density at radius 3 is 2.41 bits per heavy atom. The van der Waals surface area contributed by atoms with Crippen LogP contribution in [-0.2, 0) is 9.53 Å². The first-order valence-electron chi connectivity index (χ1n) is 6.49. The predicted octanol–water partition coefficient (Wildman–Crippen LogP) is 1.44. The number of hydrogen-bond acceptors (Lipinski definition) is 3. The Balaban J connectivity index is 2.50. The van der Waals surface area contributed by atoms with Gasteiger partial charge in [-0.15, -0.1) is 0 Å². The van der Waals surface area contributed by atoms with E-state index >= 15 is 0 Å². The van der Waals surface area contributed by atoms with Crippen molar-refractivity contribution in [3.63, 3.8) is 0 Å². The van der Waals surface area contributed by atoms with Crippen LogP contribution in [0.5, 0.6) is 0 Å². The molecular formula is C13H26N2O2. The summed E-state index contributed by atoms with van der Waals surface area (Å²) in [6, 6.07) is 0. The van der Waals surface area contributed by atoms with Crippen molar-refractivity contribution in [2.24, 2.45) is 11.1 Å². The third-order valence-corrected chi connectivity index (χ3v) is 4.03. The van der Waals surface area contributed by atoms with Crippen LogP contribution >= 0.6 is 0 Å². The second kappa shape index (κ2) is 5.83. The van der Waals surface area contributed by atoms with Gasteiger partial charge in [0.2, 0.25) is 0 Å². The third-order valence-electron chi connectivity index (χ3n) is 4.03. The van der Waals surface area contributed by atoms with Gasteiger partial charge in [0.1, 0.15) is 5.60 Å². The van der Waals surface area contributed by atoms with Gasteiger partial charge in [-0.2, -0.15) is 0 Å². The van der Waals surface area contributed by atoms with Gasteiger partial charge in [-0.25, -0.2) is 0 Å². The summed E-state index contributed by atoms with van der Waals surface area (Å²) in [5.41, 5.74) is 5.23. The van der Waals surface area contributed by atoms with Crippen molar-refractivity contribution < 1.29 is 9.53 Å². The first-order chi connectivity index (χ1) is 7.96. The zero-order valence-corrected chi connectivity index (χ0v) is 11.3. The van der Waals surface area contributed by atoms with E-state index in [1.54, 1.807) is 21.0 Å². The monoisotopic (exact) mass is 242 g/mol. The summed E-state index contributed by atoms with van der Waals surface area (Å²) in [6.45, 7) is 4.88. The van der Waals surface area contributed by atoms with E-state index in [0.717, 1.165) is 12.8 Å². The minimum atomic E-state index is -0.759. The van der Waals surface area contributed by atoms with E-state index in [1.165, 1.54) is 19.3 Å². The Morgan fingerprint density at radius 2 is 1.94 bits per heavy atom. The first-order valence-corrected chi connectivity index (χ1v) is 6.49. The summed E-state index contributed by atoms with van der Waals surface area (Å²) in [4.78, 5) is 11.9. The molecule has 4 nitrogen and oxygen atoms in total. The molecule has 1 aliphatic carbocycles. The van der Waals surface area contributed by atoms with E-state index < -0.39 is 5.60 Å². The third kappa shape index (κ3) is 3.68. The van der Waals surface area contributed by atoms with Crippen molar-refractivity contribution in [3.8, 4) is 0 Å². The predicted molar refractivity (Wildman–Crippen MR) is 68.7 cm³/mol. The van der Waals surface area contributed by atoms with E-state index in [1.807, 2.05) is 0 Å². The highest BCUT2D eigenvalue weighted by Crippen LogP contribution is 2.34. The second-order valence-corrected chi connectivity index (χ2v) is 5.66. The molecule has 1 fully saturated rings. The lowest BCUT2D eigenvalue weighted by Gasteiger charge is -2.37. The molecule has 3 N–H and O–H groups in total. The number of ether oxygens (including phenoxy) is 1. The van der Waals surface area contributed by atoms with Crippen LogP contribution in [0.15, 0.2) is 0 Å². The van der Waals surface area contributed by atoms with Gasteiger partial charge < -0.3 is 15.8 Å². The Kier molecular flexibility index (Phi) is 4.95. The molecule has 0 aromatic carbocycles. The highest BCUT2D eigenvalue weighted by Gasteiger charge is 2.33. The molecule has 4 heteroatoms. The van der Waals surface area contributed by atoms with Crippen LogP contribution in [0.25, 0.3) is 0 Å². The standard InChI is InChI=1S/C13H26N2O2/c1-12(2,17-3)11(16)15-10-13(9-14)7-5-4-6-8-13/h4-10,14H2,1-3H3,(H,15,16). The quantitative estimate of drug-likeness (QED) is 0.766. The summed E-state index contributed by atoms with van der Waals surface area (Å²) in [7, 11) is 1.55. The molecule has 1 aliphatic rings. The Bertz CT molecular complexity index is 258. The number of carbonyl (C=O) groups excluding carboxylic acids is 1. The molecule has 0 aromatic rings. The van der Waals surface area contributed by atoms with Crippen molar-refractivity contribution in [3.05, 3.63) is 0 Å². The van der Waals surface area contributed by atoms with Crippen molar-refractivity contribution >= 4 is 5.91 Å². The van der Waals surface area contributed by atoms with Gasteiger partial charge in [0.25, 0.3) is 5.91 Å². The van der Waals surface area contributed by atoms with E-state index in [0.29, 0.717) is 13.1 Å². The van der Waals surface area contributed by atoms with E-state index in [2.05, 4.69) is 5.32 Å². The van der Waals surface area contributed by atoms with E-state index in [4.69, 9.17) is 10.5 Å². The lowest BCUT2D eigenvalue weighted by Crippen LogP contribution is -2.50. The maximum atomic E-state index is 11.9. The Hall–Kier alpha value is -0.610. The number of amides is 1. The fraction of sp³-hybridized carbons (Fsp3) is 0.923. The number of hydrogen-bond donors (Lipinski definition) is 2. The molecule has 0 aliphatic heterocycles. The number of nitrogens with one attached hydrogen (secondary N) is 1. The average molecular weight is 242 g/mol. The molecule has 0 radical (unpaired) electrons. The zero-order chi connectivity index (χ0) is 12.9. The molecular weight excluding hydrogens is 216 g/mol. The molecule has 1 rings (SSSR count). The molecule has 17 heavy (non-hydrogen) atoms. The summed E-state index contributed by atoms with van der Waals surface area (Å²) in [5.74, 6) is -0.0570. The van der Waals surface area contributed by atoms with Gasteiger partial charge in [0.15, 0.2) is 0 Å². The Morgan fingerprint density at radius 1 is 1.35 bits per heavy atom. The maximum absolute atomic E-state index is 11.9.